The minimum Gasteiger partial charge on any atom is -0.303 e. The van der Waals surface area contributed by atoms with E-state index < -0.39 is 0 Å². The first-order valence-corrected chi connectivity index (χ1v) is 6.04. The van der Waals surface area contributed by atoms with Crippen LogP contribution in [0.15, 0.2) is 0 Å². The molecule has 0 saturated heterocycles. The fourth-order valence-corrected chi connectivity index (χ4v) is 2.37. The number of nitrogens with one attached hydrogen (secondary N) is 1. The van der Waals surface area contributed by atoms with E-state index >= 15 is 0 Å². The van der Waals surface area contributed by atoms with Crippen molar-refractivity contribution in [2.24, 2.45) is 17.8 Å². The Morgan fingerprint density at radius 3 is 2.21 bits per heavy atom. The average Bonchev–Trinajstić information content (AvgIpc) is 3.03. The molecule has 0 amide bonds. The zero-order chi connectivity index (χ0) is 9.97. The van der Waals surface area contributed by atoms with E-state index in [1.54, 1.807) is 0 Å². The van der Waals surface area contributed by atoms with Crippen LogP contribution in [-0.4, -0.2) is 12.6 Å². The van der Waals surface area contributed by atoms with Crippen LogP contribution in [0.2, 0.25) is 0 Å². The van der Waals surface area contributed by atoms with Gasteiger partial charge >= 0.3 is 0 Å². The second-order valence-corrected chi connectivity index (χ2v) is 4.87. The highest BCUT2D eigenvalue weighted by Crippen LogP contribution is 2.48. The van der Waals surface area contributed by atoms with Crippen molar-refractivity contribution >= 4 is 0 Å². The molecule has 0 heterocycles. The molecule has 2 aliphatic rings. The summed E-state index contributed by atoms with van der Waals surface area (Å²) in [5.74, 6) is 5.82. The lowest BCUT2D eigenvalue weighted by molar-refractivity contribution is 0.368. The predicted octanol–water partition coefficient (Wildman–Crippen LogP) is 2.42. The molecule has 1 heteroatoms. The number of hydrogen-bond donors (Lipinski definition) is 1. The Hall–Kier alpha value is -0.480. The molecule has 0 bridgehead atoms. The largest absolute Gasteiger partial charge is 0.303 e. The first-order chi connectivity index (χ1) is 6.85. The van der Waals surface area contributed by atoms with Crippen LogP contribution in [0.3, 0.4) is 0 Å². The second-order valence-electron chi connectivity index (χ2n) is 4.87. The van der Waals surface area contributed by atoms with Crippen molar-refractivity contribution in [3.63, 3.8) is 0 Å². The Morgan fingerprint density at radius 2 is 1.86 bits per heavy atom. The van der Waals surface area contributed by atoms with Gasteiger partial charge in [-0.3, -0.25) is 0 Å². The van der Waals surface area contributed by atoms with Gasteiger partial charge in [0.15, 0.2) is 0 Å². The summed E-state index contributed by atoms with van der Waals surface area (Å²) >= 11 is 0. The van der Waals surface area contributed by atoms with E-state index in [4.69, 9.17) is 6.42 Å². The van der Waals surface area contributed by atoms with Gasteiger partial charge < -0.3 is 5.32 Å². The Labute approximate surface area is 87.7 Å². The van der Waals surface area contributed by atoms with Crippen LogP contribution in [0.4, 0.5) is 0 Å². The van der Waals surface area contributed by atoms with E-state index in [0.717, 1.165) is 30.7 Å². The molecule has 1 nitrogen and oxygen atoms in total. The first kappa shape index (κ1) is 10.1. The van der Waals surface area contributed by atoms with Crippen molar-refractivity contribution in [3.8, 4) is 12.3 Å². The SMILES string of the molecule is C#CC(CC)NCC(C1CC1)C1CC1. The van der Waals surface area contributed by atoms with E-state index in [9.17, 15) is 0 Å². The number of hydrogen-bond acceptors (Lipinski definition) is 1. The Balaban J connectivity index is 1.74. The van der Waals surface area contributed by atoms with E-state index in [1.165, 1.54) is 25.7 Å². The van der Waals surface area contributed by atoms with Gasteiger partial charge in [-0.25, -0.2) is 0 Å². The van der Waals surface area contributed by atoms with Gasteiger partial charge in [0.1, 0.15) is 0 Å². The summed E-state index contributed by atoms with van der Waals surface area (Å²) in [6.07, 6.45) is 12.4. The predicted molar refractivity (Wildman–Crippen MR) is 59.9 cm³/mol. The molecule has 2 saturated carbocycles. The lowest BCUT2D eigenvalue weighted by Gasteiger charge is -2.18. The van der Waals surface area contributed by atoms with Gasteiger partial charge in [-0.2, -0.15) is 0 Å². The highest BCUT2D eigenvalue weighted by atomic mass is 14.9. The van der Waals surface area contributed by atoms with Gasteiger partial charge in [0.05, 0.1) is 6.04 Å². The molecular weight excluding hydrogens is 170 g/mol. The maximum atomic E-state index is 5.44. The second kappa shape index (κ2) is 4.36. The molecule has 2 fully saturated rings. The van der Waals surface area contributed by atoms with Crippen LogP contribution in [0.5, 0.6) is 0 Å². The Kier molecular flexibility index (Phi) is 3.13. The van der Waals surface area contributed by atoms with Crippen LogP contribution >= 0.6 is 0 Å². The van der Waals surface area contributed by atoms with Gasteiger partial charge in [-0.1, -0.05) is 12.8 Å². The lowest BCUT2D eigenvalue weighted by atomic mass is 9.97. The van der Waals surface area contributed by atoms with Crippen molar-refractivity contribution in [1.82, 2.24) is 5.32 Å². The molecule has 0 aromatic carbocycles. The lowest BCUT2D eigenvalue weighted by Crippen LogP contribution is -2.33. The van der Waals surface area contributed by atoms with E-state index in [1.807, 2.05) is 0 Å². The van der Waals surface area contributed by atoms with Gasteiger partial charge in [0.2, 0.25) is 0 Å². The highest BCUT2D eigenvalue weighted by molar-refractivity contribution is 5.00. The maximum absolute atomic E-state index is 5.44. The smallest absolute Gasteiger partial charge is 0.0684 e. The van der Waals surface area contributed by atoms with E-state index in [0.29, 0.717) is 6.04 Å². The van der Waals surface area contributed by atoms with Crippen LogP contribution in [0.1, 0.15) is 39.0 Å². The summed E-state index contributed by atoms with van der Waals surface area (Å²) in [6, 6.07) is 0.301. The van der Waals surface area contributed by atoms with Crippen molar-refractivity contribution in [2.45, 2.75) is 45.1 Å². The molecule has 1 unspecified atom stereocenters. The Morgan fingerprint density at radius 1 is 1.29 bits per heavy atom. The molecule has 0 aromatic heterocycles. The molecular formula is C13H21N. The van der Waals surface area contributed by atoms with Gasteiger partial charge in [0.25, 0.3) is 0 Å². The van der Waals surface area contributed by atoms with Gasteiger partial charge in [-0.05, 0) is 56.4 Å². The van der Waals surface area contributed by atoms with Crippen molar-refractivity contribution in [1.29, 1.82) is 0 Å². The zero-order valence-electron chi connectivity index (χ0n) is 9.13. The molecule has 0 aromatic rings. The summed E-state index contributed by atoms with van der Waals surface area (Å²) < 4.78 is 0. The van der Waals surface area contributed by atoms with Crippen molar-refractivity contribution < 1.29 is 0 Å². The average molecular weight is 191 g/mol. The molecule has 0 aliphatic heterocycles. The monoisotopic (exact) mass is 191 g/mol. The maximum Gasteiger partial charge on any atom is 0.0684 e. The van der Waals surface area contributed by atoms with Gasteiger partial charge in [-0.15, -0.1) is 6.42 Å². The number of terminal acetylenes is 1. The first-order valence-electron chi connectivity index (χ1n) is 6.04. The topological polar surface area (TPSA) is 12.0 Å². The fourth-order valence-electron chi connectivity index (χ4n) is 2.37. The normalized spacial score (nSPS) is 23.5. The van der Waals surface area contributed by atoms with Crippen molar-refractivity contribution in [3.05, 3.63) is 0 Å². The summed E-state index contributed by atoms with van der Waals surface area (Å²) in [7, 11) is 0. The highest BCUT2D eigenvalue weighted by Gasteiger charge is 2.40. The van der Waals surface area contributed by atoms with Crippen LogP contribution in [0, 0.1) is 30.1 Å². The van der Waals surface area contributed by atoms with Crippen LogP contribution in [-0.2, 0) is 0 Å². The molecule has 78 valence electrons. The molecule has 2 aliphatic carbocycles. The summed E-state index contributed by atoms with van der Waals surface area (Å²) in [5, 5.41) is 3.53. The van der Waals surface area contributed by atoms with Gasteiger partial charge in [0, 0.05) is 0 Å². The molecule has 0 spiro atoms. The third-order valence-corrected chi connectivity index (χ3v) is 3.66. The third-order valence-electron chi connectivity index (χ3n) is 3.66. The molecule has 14 heavy (non-hydrogen) atoms. The minimum atomic E-state index is 0.301. The Bertz CT molecular complexity index is 208. The zero-order valence-corrected chi connectivity index (χ0v) is 9.13. The molecule has 0 radical (unpaired) electrons. The quantitative estimate of drug-likeness (QED) is 0.636. The van der Waals surface area contributed by atoms with Crippen molar-refractivity contribution in [2.75, 3.05) is 6.54 Å². The summed E-state index contributed by atoms with van der Waals surface area (Å²) in [6.45, 7) is 3.32. The molecule has 1 N–H and O–H groups in total. The standard InChI is InChI=1S/C13H21N/c1-3-12(4-2)14-9-13(10-5-6-10)11-7-8-11/h1,10-14H,4-9H2,2H3. The fraction of sp³-hybridized carbons (Fsp3) is 0.846. The van der Waals surface area contributed by atoms with E-state index in [-0.39, 0.29) is 0 Å². The van der Waals surface area contributed by atoms with Crippen LogP contribution < -0.4 is 5.32 Å². The molecule has 1 atom stereocenters. The van der Waals surface area contributed by atoms with Crippen LogP contribution in [0.25, 0.3) is 0 Å². The van der Waals surface area contributed by atoms with E-state index in [2.05, 4.69) is 18.2 Å². The third kappa shape index (κ3) is 2.51. The summed E-state index contributed by atoms with van der Waals surface area (Å²) in [4.78, 5) is 0. The summed E-state index contributed by atoms with van der Waals surface area (Å²) in [5.41, 5.74) is 0. The minimum absolute atomic E-state index is 0.301. The number of rotatable bonds is 6. The molecule has 2 rings (SSSR count).